The second-order valence-electron chi connectivity index (χ2n) is 6.68. The summed E-state index contributed by atoms with van der Waals surface area (Å²) in [5, 5.41) is 13.5. The molecule has 3 heterocycles. The van der Waals surface area contributed by atoms with Crippen molar-refractivity contribution >= 4 is 33.3 Å². The van der Waals surface area contributed by atoms with Gasteiger partial charge in [0.1, 0.15) is 0 Å². The first-order valence-electron chi connectivity index (χ1n) is 9.21. The molecular weight excluding hydrogens is 436 g/mol. The van der Waals surface area contributed by atoms with Crippen molar-refractivity contribution in [1.29, 1.82) is 0 Å². The van der Waals surface area contributed by atoms with E-state index < -0.39 is 0 Å². The molecule has 0 aliphatic carbocycles. The van der Waals surface area contributed by atoms with Crippen LogP contribution in [-0.4, -0.2) is 37.8 Å². The van der Waals surface area contributed by atoms with Gasteiger partial charge in [-0.1, -0.05) is 22.0 Å². The first-order chi connectivity index (χ1) is 13.7. The van der Waals surface area contributed by atoms with Crippen molar-refractivity contribution in [1.82, 2.24) is 19.8 Å². The maximum Gasteiger partial charge on any atom is 0.170 e. The highest BCUT2D eigenvalue weighted by molar-refractivity contribution is 9.10. The van der Waals surface area contributed by atoms with E-state index in [-0.39, 0.29) is 18.7 Å². The van der Waals surface area contributed by atoms with Crippen LogP contribution in [0, 0.1) is 0 Å². The minimum atomic E-state index is -0.0588. The summed E-state index contributed by atoms with van der Waals surface area (Å²) in [6, 6.07) is 18.3. The number of halogens is 1. The summed E-state index contributed by atoms with van der Waals surface area (Å²) in [6.45, 7) is 0.815. The number of thiocarbonyl (C=S) groups is 1. The molecule has 3 aromatic rings. The Morgan fingerprint density at radius 2 is 1.93 bits per heavy atom. The van der Waals surface area contributed by atoms with Gasteiger partial charge in [-0.25, -0.2) is 0 Å². The molecule has 5 nitrogen and oxygen atoms in total. The third kappa shape index (κ3) is 3.70. The van der Waals surface area contributed by atoms with E-state index in [4.69, 9.17) is 12.2 Å². The van der Waals surface area contributed by atoms with Crippen LogP contribution in [0.2, 0.25) is 0 Å². The molecule has 0 bridgehead atoms. The minimum absolute atomic E-state index is 0.0207. The maximum atomic E-state index is 9.36. The van der Waals surface area contributed by atoms with Gasteiger partial charge in [0.2, 0.25) is 0 Å². The number of aliphatic hydroxyl groups excluding tert-OH is 1. The molecule has 1 aliphatic heterocycles. The van der Waals surface area contributed by atoms with Crippen molar-refractivity contribution in [2.24, 2.45) is 0 Å². The van der Waals surface area contributed by atoms with E-state index in [2.05, 4.69) is 66.2 Å². The van der Waals surface area contributed by atoms with Crippen molar-refractivity contribution in [3.63, 3.8) is 0 Å². The lowest BCUT2D eigenvalue weighted by molar-refractivity contribution is 0.245. The van der Waals surface area contributed by atoms with E-state index in [0.29, 0.717) is 18.1 Å². The second-order valence-corrected chi connectivity index (χ2v) is 7.98. The average molecular weight is 457 g/mol. The van der Waals surface area contributed by atoms with E-state index >= 15 is 0 Å². The first kappa shape index (κ1) is 19.1. The zero-order valence-corrected chi connectivity index (χ0v) is 17.6. The molecule has 0 radical (unpaired) electrons. The Morgan fingerprint density at radius 1 is 1.11 bits per heavy atom. The fourth-order valence-electron chi connectivity index (χ4n) is 3.68. The largest absolute Gasteiger partial charge is 0.396 e. The number of aliphatic hydroxyl groups is 1. The van der Waals surface area contributed by atoms with Crippen LogP contribution in [0.25, 0.3) is 5.69 Å². The van der Waals surface area contributed by atoms with Gasteiger partial charge in [-0.2, -0.15) is 0 Å². The highest BCUT2D eigenvalue weighted by atomic mass is 79.9. The molecule has 0 saturated carbocycles. The Hall–Kier alpha value is -2.22. The van der Waals surface area contributed by atoms with E-state index in [1.165, 1.54) is 0 Å². The third-order valence-electron chi connectivity index (χ3n) is 4.94. The maximum absolute atomic E-state index is 9.36. The van der Waals surface area contributed by atoms with Crippen LogP contribution in [0.5, 0.6) is 0 Å². The van der Waals surface area contributed by atoms with Gasteiger partial charge in [-0.3, -0.25) is 4.98 Å². The fraction of sp³-hybridized carbons (Fsp3) is 0.238. The van der Waals surface area contributed by atoms with Crippen molar-refractivity contribution in [3.8, 4) is 5.69 Å². The number of nitrogens with one attached hydrogen (secondary N) is 1. The molecule has 4 rings (SSSR count). The van der Waals surface area contributed by atoms with Gasteiger partial charge in [-0.05, 0) is 67.2 Å². The summed E-state index contributed by atoms with van der Waals surface area (Å²) in [4.78, 5) is 6.73. The number of pyridine rings is 1. The van der Waals surface area contributed by atoms with Crippen LogP contribution in [0.4, 0.5) is 0 Å². The Bertz CT molecular complexity index is 945. The highest BCUT2D eigenvalue weighted by Gasteiger charge is 2.40. The topological polar surface area (TPSA) is 53.3 Å². The molecule has 144 valence electrons. The molecular formula is C21H21BrN4OS. The van der Waals surface area contributed by atoms with Gasteiger partial charge in [0.05, 0.1) is 17.8 Å². The van der Waals surface area contributed by atoms with Gasteiger partial charge in [0, 0.05) is 41.4 Å². The second kappa shape index (κ2) is 8.43. The summed E-state index contributed by atoms with van der Waals surface area (Å²) >= 11 is 9.15. The Balaban J connectivity index is 1.78. The Kier molecular flexibility index (Phi) is 5.75. The summed E-state index contributed by atoms with van der Waals surface area (Å²) in [5.41, 5.74) is 3.16. The zero-order chi connectivity index (χ0) is 19.5. The van der Waals surface area contributed by atoms with Gasteiger partial charge in [-0.15, -0.1) is 0 Å². The third-order valence-corrected chi connectivity index (χ3v) is 5.82. The molecule has 1 aliphatic rings. The van der Waals surface area contributed by atoms with Crippen LogP contribution in [-0.2, 0) is 0 Å². The summed E-state index contributed by atoms with van der Waals surface area (Å²) in [6.07, 6.45) is 4.53. The molecule has 0 amide bonds. The predicted octanol–water partition coefficient (Wildman–Crippen LogP) is 3.99. The standard InChI is InChI=1S/C21H21BrN4OS/c22-15-7-9-16(10-8-15)25-12-3-6-18(25)20-19(17-5-1-2-11-23-17)24-21(28)26(20)13-4-14-27/h1-3,5-12,19-20,27H,4,13-14H2,(H,24,28)/t19-,20-/m1/s1. The lowest BCUT2D eigenvalue weighted by atomic mass is 10.0. The number of benzene rings is 1. The average Bonchev–Trinajstić information content (AvgIpc) is 3.32. The molecule has 2 aromatic heterocycles. The molecule has 0 unspecified atom stereocenters. The predicted molar refractivity (Wildman–Crippen MR) is 117 cm³/mol. The molecule has 2 N–H and O–H groups in total. The molecule has 1 aromatic carbocycles. The lowest BCUT2D eigenvalue weighted by Gasteiger charge is -2.28. The molecule has 1 saturated heterocycles. The van der Waals surface area contributed by atoms with Crippen LogP contribution in [0.15, 0.2) is 71.5 Å². The van der Waals surface area contributed by atoms with Crippen LogP contribution >= 0.6 is 28.1 Å². The summed E-state index contributed by atoms with van der Waals surface area (Å²) in [5.74, 6) is 0. The Morgan fingerprint density at radius 3 is 2.64 bits per heavy atom. The van der Waals surface area contributed by atoms with Gasteiger partial charge in [0.15, 0.2) is 5.11 Å². The smallest absolute Gasteiger partial charge is 0.170 e. The quantitative estimate of drug-likeness (QED) is 0.549. The first-order valence-corrected chi connectivity index (χ1v) is 10.4. The highest BCUT2D eigenvalue weighted by Crippen LogP contribution is 2.39. The lowest BCUT2D eigenvalue weighted by Crippen LogP contribution is -2.31. The SMILES string of the molecule is OCCCN1C(=S)N[C@H](c2ccccn2)[C@H]1c1cccn1-c1ccc(Br)cc1. The molecule has 7 heteroatoms. The monoisotopic (exact) mass is 456 g/mol. The molecule has 0 spiro atoms. The van der Waals surface area contributed by atoms with Crippen LogP contribution in [0.1, 0.15) is 29.9 Å². The van der Waals surface area contributed by atoms with Crippen LogP contribution < -0.4 is 5.32 Å². The summed E-state index contributed by atoms with van der Waals surface area (Å²) < 4.78 is 3.24. The van der Waals surface area contributed by atoms with Crippen molar-refractivity contribution in [2.75, 3.05) is 13.2 Å². The van der Waals surface area contributed by atoms with Crippen LogP contribution in [0.3, 0.4) is 0 Å². The van der Waals surface area contributed by atoms with Gasteiger partial charge >= 0.3 is 0 Å². The van der Waals surface area contributed by atoms with E-state index in [1.54, 1.807) is 6.20 Å². The number of hydrogen-bond acceptors (Lipinski definition) is 3. The number of aromatic nitrogens is 2. The molecule has 2 atom stereocenters. The summed E-state index contributed by atoms with van der Waals surface area (Å²) in [7, 11) is 0. The van der Waals surface area contributed by atoms with Crippen molar-refractivity contribution in [3.05, 3.63) is 82.9 Å². The van der Waals surface area contributed by atoms with E-state index in [9.17, 15) is 5.11 Å². The molecule has 28 heavy (non-hydrogen) atoms. The van der Waals surface area contributed by atoms with Gasteiger partial charge in [0.25, 0.3) is 0 Å². The van der Waals surface area contributed by atoms with E-state index in [0.717, 1.165) is 21.5 Å². The zero-order valence-electron chi connectivity index (χ0n) is 15.2. The van der Waals surface area contributed by atoms with E-state index in [1.807, 2.05) is 30.3 Å². The van der Waals surface area contributed by atoms with Crippen molar-refractivity contribution in [2.45, 2.75) is 18.5 Å². The van der Waals surface area contributed by atoms with Crippen molar-refractivity contribution < 1.29 is 5.11 Å². The van der Waals surface area contributed by atoms with Gasteiger partial charge < -0.3 is 19.9 Å². The minimum Gasteiger partial charge on any atom is -0.396 e. The normalized spacial score (nSPS) is 19.1. The number of nitrogens with zero attached hydrogens (tertiary/aromatic N) is 3. The number of rotatable bonds is 6. The Labute approximate surface area is 178 Å². The fourth-order valence-corrected chi connectivity index (χ4v) is 4.28. The molecule has 1 fully saturated rings. The number of hydrogen-bond donors (Lipinski definition) is 2.